The molecule has 420 valence electrons. The Morgan fingerprint density at radius 2 is 0.936 bits per heavy atom. The lowest BCUT2D eigenvalue weighted by atomic mass is 9.62. The molecule has 0 spiro atoms. The van der Waals surface area contributed by atoms with Gasteiger partial charge in [-0.2, -0.15) is 0 Å². The first-order valence-electron chi connectivity index (χ1n) is 29.7. The van der Waals surface area contributed by atoms with E-state index in [1.165, 1.54) is 89.9 Å². The van der Waals surface area contributed by atoms with Crippen molar-refractivity contribution in [2.45, 2.75) is 181 Å². The van der Waals surface area contributed by atoms with E-state index in [2.05, 4.69) is 92.0 Å². The van der Waals surface area contributed by atoms with E-state index in [4.69, 9.17) is 27.8 Å². The lowest BCUT2D eigenvalue weighted by Crippen LogP contribution is -2.43. The molecule has 0 N–H and O–H groups in total. The summed E-state index contributed by atoms with van der Waals surface area (Å²) in [5, 5.41) is 0.248. The third-order valence-electron chi connectivity index (χ3n) is 18.2. The summed E-state index contributed by atoms with van der Waals surface area (Å²) in [5.74, 6) is 6.58. The Labute approximate surface area is 471 Å². The van der Waals surface area contributed by atoms with Crippen molar-refractivity contribution in [2.75, 3.05) is 26.4 Å². The van der Waals surface area contributed by atoms with E-state index in [0.717, 1.165) is 41.4 Å². The van der Waals surface area contributed by atoms with Gasteiger partial charge in [-0.25, -0.2) is 4.79 Å². The van der Waals surface area contributed by atoms with E-state index < -0.39 is 16.6 Å². The molecule has 0 amide bonds. The number of hydrogen-bond donors (Lipinski definition) is 0. The Hall–Kier alpha value is -5.33. The van der Waals surface area contributed by atoms with Crippen LogP contribution in [-0.2, 0) is 14.3 Å². The number of benzene rings is 4. The number of carbonyl (C=O) groups is 2. The maximum Gasteiger partial charge on any atom is 0.338 e. The molecule has 6 aliphatic carbocycles. The molecule has 10 rings (SSSR count). The van der Waals surface area contributed by atoms with Crippen LogP contribution in [0.5, 0.6) is 23.0 Å². The van der Waals surface area contributed by atoms with Crippen LogP contribution in [-0.4, -0.2) is 54.8 Å². The topological polar surface area (TPSA) is 89.5 Å². The molecule has 4 aromatic rings. The Balaban J connectivity index is 0.000000172. The molecule has 4 aromatic carbocycles. The Morgan fingerprint density at radius 3 is 1.49 bits per heavy atom. The van der Waals surface area contributed by atoms with E-state index in [1.807, 2.05) is 72.8 Å². The predicted molar refractivity (Wildman–Crippen MR) is 322 cm³/mol. The first kappa shape index (κ1) is 58.8. The molecule has 4 unspecified atom stereocenters. The fourth-order valence-corrected chi connectivity index (χ4v) is 14.0. The smallest absolute Gasteiger partial charge is 0.338 e. The SMILES string of the molecule is CC(C)(C)[Si](C)(C)Oc1cccc(/C(OCCOc2ccccc2)=C2/C3CCCC2C2=C(CCCC2)C3)c1.CC(C)(C)[Si](C)(C)Oc1cccc(C(=O)OCCOc2ccccc2)c1.O=C1C2CCCC1C1=C(CCCC1)C2. The molecule has 0 heterocycles. The Bertz CT molecular complexity index is 2740. The van der Waals surface area contributed by atoms with Crippen LogP contribution in [0.2, 0.25) is 36.3 Å². The van der Waals surface area contributed by atoms with Gasteiger partial charge in [0.2, 0.25) is 16.6 Å². The van der Waals surface area contributed by atoms with E-state index in [9.17, 15) is 9.59 Å². The summed E-state index contributed by atoms with van der Waals surface area (Å²) in [5.41, 5.74) is 9.99. The van der Waals surface area contributed by atoms with Gasteiger partial charge in [0.05, 0.1) is 5.56 Å². The lowest BCUT2D eigenvalue weighted by molar-refractivity contribution is -0.128. The van der Waals surface area contributed by atoms with Crippen LogP contribution in [0.4, 0.5) is 0 Å². The standard InChI is InChI=1S/C34H46O3Si.C21H28O4Si.C13H18O/c1-34(2,3)38(4,5)37-29-18-11-15-27(24-29)33(36-22-21-35-28-16-7-6-8-17-28)32-26-14-12-20-31(32)30-19-10-9-13-25(30)23-26;1-21(2,3)26(4,5)25-19-13-9-10-17(16-19)20(22)24-15-14-23-18-11-7-6-8-12-18;14-13-10-5-3-7-12(13)11-6-2-1-4-9(11)8-10/h6-8,11,15-18,24,26,31H,9-10,12-14,19-23H2,1-5H3;6-13,16H,14-15H2,1-5H3;10,12H,1-8H2/b33-32+;;. The zero-order valence-corrected chi connectivity index (χ0v) is 51.1. The van der Waals surface area contributed by atoms with Crippen molar-refractivity contribution in [3.63, 3.8) is 0 Å². The van der Waals surface area contributed by atoms with Crippen molar-refractivity contribution in [1.82, 2.24) is 0 Å². The van der Waals surface area contributed by atoms with Gasteiger partial charge in [-0.3, -0.25) is 4.79 Å². The summed E-state index contributed by atoms with van der Waals surface area (Å²) >= 11 is 0. The van der Waals surface area contributed by atoms with E-state index >= 15 is 0 Å². The van der Waals surface area contributed by atoms with E-state index in [-0.39, 0.29) is 22.7 Å². The number of para-hydroxylation sites is 2. The van der Waals surface area contributed by atoms with Crippen LogP contribution in [0.3, 0.4) is 0 Å². The van der Waals surface area contributed by atoms with Gasteiger partial charge in [-0.05, 0) is 192 Å². The molecule has 8 nitrogen and oxygen atoms in total. The number of Topliss-reactive ketones (excluding diaryl/α,β-unsaturated/α-hetero) is 1. The summed E-state index contributed by atoms with van der Waals surface area (Å²) in [7, 11) is -3.89. The molecule has 4 bridgehead atoms. The van der Waals surface area contributed by atoms with Gasteiger partial charge in [-0.1, -0.05) is 131 Å². The second kappa shape index (κ2) is 26.3. The maximum atomic E-state index is 12.2. The largest absolute Gasteiger partial charge is 0.543 e. The third-order valence-corrected chi connectivity index (χ3v) is 26.9. The highest BCUT2D eigenvalue weighted by Gasteiger charge is 2.43. The maximum absolute atomic E-state index is 12.2. The minimum absolute atomic E-state index is 0.0955. The average Bonchev–Trinajstić information content (AvgIpc) is 3.55. The van der Waals surface area contributed by atoms with E-state index in [0.29, 0.717) is 60.6 Å². The summed E-state index contributed by atoms with van der Waals surface area (Å²) in [6.45, 7) is 24.0. The number of ketones is 1. The van der Waals surface area contributed by atoms with Crippen molar-refractivity contribution in [3.05, 3.63) is 148 Å². The minimum atomic E-state index is -1.94. The van der Waals surface area contributed by atoms with Gasteiger partial charge in [0.25, 0.3) is 0 Å². The number of ether oxygens (including phenoxy) is 4. The highest BCUT2D eigenvalue weighted by atomic mass is 28.4. The monoisotopic (exact) mass is 1090 g/mol. The van der Waals surface area contributed by atoms with Crippen LogP contribution in [0, 0.1) is 23.7 Å². The van der Waals surface area contributed by atoms with Gasteiger partial charge in [0.15, 0.2) is 0 Å². The molecule has 0 aromatic heterocycles. The zero-order valence-electron chi connectivity index (χ0n) is 49.1. The average molecular weight is 1090 g/mol. The second-order valence-corrected chi connectivity index (χ2v) is 35.2. The van der Waals surface area contributed by atoms with Gasteiger partial charge in [0.1, 0.15) is 61.0 Å². The number of allylic oxidation sites excluding steroid dienone is 5. The molecule has 6 aliphatic rings. The first-order chi connectivity index (χ1) is 37.3. The van der Waals surface area contributed by atoms with Crippen LogP contribution >= 0.6 is 0 Å². The van der Waals surface area contributed by atoms with Crippen molar-refractivity contribution >= 4 is 34.1 Å². The third kappa shape index (κ3) is 15.1. The molecule has 10 heteroatoms. The van der Waals surface area contributed by atoms with Crippen molar-refractivity contribution < 1.29 is 37.4 Å². The molecule has 78 heavy (non-hydrogen) atoms. The van der Waals surface area contributed by atoms with Gasteiger partial charge in [-0.15, -0.1) is 0 Å². The quantitative estimate of drug-likeness (QED) is 0.0382. The fraction of sp³-hybridized carbons (Fsp3) is 0.529. The number of fused-ring (bicyclic) bond motifs is 6. The van der Waals surface area contributed by atoms with Crippen LogP contribution < -0.4 is 18.3 Å². The molecular weight excluding hydrogens is 1000 g/mol. The minimum Gasteiger partial charge on any atom is -0.543 e. The molecule has 4 atom stereocenters. The second-order valence-electron chi connectivity index (χ2n) is 25.7. The van der Waals surface area contributed by atoms with Crippen molar-refractivity contribution in [2.24, 2.45) is 23.7 Å². The van der Waals surface area contributed by atoms with Gasteiger partial charge < -0.3 is 27.8 Å². The predicted octanol–water partition coefficient (Wildman–Crippen LogP) is 18.1. The first-order valence-corrected chi connectivity index (χ1v) is 35.5. The lowest BCUT2D eigenvalue weighted by Gasteiger charge is -2.43. The van der Waals surface area contributed by atoms with Crippen LogP contribution in [0.25, 0.3) is 5.76 Å². The van der Waals surface area contributed by atoms with Crippen LogP contribution in [0.1, 0.15) is 160 Å². The highest BCUT2D eigenvalue weighted by Crippen LogP contribution is 2.54. The van der Waals surface area contributed by atoms with Gasteiger partial charge >= 0.3 is 5.97 Å². The molecule has 0 aliphatic heterocycles. The number of hydrogen-bond acceptors (Lipinski definition) is 8. The summed E-state index contributed by atoms with van der Waals surface area (Å²) < 4.78 is 36.6. The number of carbonyl (C=O) groups excluding carboxylic acids is 2. The molecular formula is C68H92O8Si2. The van der Waals surface area contributed by atoms with Crippen molar-refractivity contribution in [3.8, 4) is 23.0 Å². The summed E-state index contributed by atoms with van der Waals surface area (Å²) in [4.78, 5) is 24.3. The normalized spacial score (nSPS) is 21.7. The Kier molecular flexibility index (Phi) is 19.8. The molecule has 2 fully saturated rings. The van der Waals surface area contributed by atoms with E-state index in [1.54, 1.807) is 40.0 Å². The molecule has 0 saturated heterocycles. The highest BCUT2D eigenvalue weighted by molar-refractivity contribution is 6.75. The van der Waals surface area contributed by atoms with Crippen LogP contribution in [0.15, 0.2) is 137 Å². The fourth-order valence-electron chi connectivity index (χ4n) is 12.0. The van der Waals surface area contributed by atoms with Crippen molar-refractivity contribution in [1.29, 1.82) is 0 Å². The zero-order chi connectivity index (χ0) is 55.5. The number of esters is 1. The summed E-state index contributed by atoms with van der Waals surface area (Å²) in [6, 6.07) is 35.4. The Morgan fingerprint density at radius 1 is 0.487 bits per heavy atom. The number of rotatable bonds is 15. The van der Waals surface area contributed by atoms with Gasteiger partial charge in [0, 0.05) is 23.3 Å². The molecule has 2 saturated carbocycles. The molecule has 0 radical (unpaired) electrons. The summed E-state index contributed by atoms with van der Waals surface area (Å²) in [6.07, 6.45) is 20.4.